The first-order valence-corrected chi connectivity index (χ1v) is 15.2. The number of fused-ring (bicyclic) bond motifs is 1. The van der Waals surface area contributed by atoms with Gasteiger partial charge in [0.05, 0.1) is 33.2 Å². The molecule has 0 radical (unpaired) electrons. The maximum atomic E-state index is 14.2. The fourth-order valence-electron chi connectivity index (χ4n) is 5.83. The van der Waals surface area contributed by atoms with E-state index in [1.807, 2.05) is 39.5 Å². The number of carbonyl (C=O) groups is 2. The zero-order valence-electron chi connectivity index (χ0n) is 26.1. The van der Waals surface area contributed by atoms with Crippen LogP contribution in [0.15, 0.2) is 60.0 Å². The Morgan fingerprint density at radius 3 is 2.50 bits per heavy atom. The summed E-state index contributed by atoms with van der Waals surface area (Å²) in [4.78, 5) is 56.4. The Balaban J connectivity index is 1.81. The Morgan fingerprint density at radius 2 is 1.83 bits per heavy atom. The van der Waals surface area contributed by atoms with E-state index in [0.29, 0.717) is 35.7 Å². The SMILES string of the molecule is C=CC(=O)N1CC(C)N(c2nc(=O)n(-c3c(C)ccnc3C(C)C)c3nc(-c4ccccc4NC(=O)C(F)F)c(Cl)cc23)CC1C. The molecule has 0 saturated carbocycles. The third-order valence-corrected chi connectivity index (χ3v) is 8.37. The zero-order valence-corrected chi connectivity index (χ0v) is 26.8. The Bertz CT molecular complexity index is 1910. The molecule has 5 rings (SSSR count). The van der Waals surface area contributed by atoms with Crippen molar-refractivity contribution < 1.29 is 18.4 Å². The van der Waals surface area contributed by atoms with E-state index >= 15 is 0 Å². The Kier molecular flexibility index (Phi) is 9.20. The van der Waals surface area contributed by atoms with E-state index in [4.69, 9.17) is 16.6 Å². The van der Waals surface area contributed by atoms with Gasteiger partial charge in [0, 0.05) is 36.9 Å². The second-order valence-electron chi connectivity index (χ2n) is 11.6. The summed E-state index contributed by atoms with van der Waals surface area (Å²) in [6.07, 6.45) is -0.279. The first kappa shape index (κ1) is 32.7. The molecule has 13 heteroatoms. The Hall–Kier alpha value is -4.71. The van der Waals surface area contributed by atoms with E-state index in [1.165, 1.54) is 16.7 Å². The molecule has 4 aromatic rings. The third kappa shape index (κ3) is 5.96. The van der Waals surface area contributed by atoms with Gasteiger partial charge in [-0.15, -0.1) is 0 Å². The van der Waals surface area contributed by atoms with Gasteiger partial charge in [0.2, 0.25) is 5.91 Å². The fraction of sp³-hybridized carbons (Fsp3) is 0.333. The van der Waals surface area contributed by atoms with Crippen molar-refractivity contribution in [3.63, 3.8) is 0 Å². The summed E-state index contributed by atoms with van der Waals surface area (Å²) >= 11 is 6.89. The number of aromatic nitrogens is 4. The molecule has 0 spiro atoms. The molecule has 10 nitrogen and oxygen atoms in total. The van der Waals surface area contributed by atoms with Crippen LogP contribution in [0.1, 0.15) is 44.9 Å². The van der Waals surface area contributed by atoms with Crippen LogP contribution in [0.2, 0.25) is 5.02 Å². The lowest BCUT2D eigenvalue weighted by molar-refractivity contribution is -0.129. The third-order valence-electron chi connectivity index (χ3n) is 8.08. The summed E-state index contributed by atoms with van der Waals surface area (Å²) in [5, 5.41) is 2.85. The minimum atomic E-state index is -3.23. The largest absolute Gasteiger partial charge is 0.355 e. The summed E-state index contributed by atoms with van der Waals surface area (Å²) in [6.45, 7) is 14.0. The molecule has 46 heavy (non-hydrogen) atoms. The number of benzene rings is 1. The summed E-state index contributed by atoms with van der Waals surface area (Å²) < 4.78 is 27.8. The lowest BCUT2D eigenvalue weighted by atomic mass is 10.0. The number of rotatable bonds is 7. The summed E-state index contributed by atoms with van der Waals surface area (Å²) in [7, 11) is 0. The van der Waals surface area contributed by atoms with Gasteiger partial charge in [-0.1, -0.05) is 50.2 Å². The van der Waals surface area contributed by atoms with Gasteiger partial charge >= 0.3 is 12.1 Å². The molecular formula is C33H34ClF2N7O3. The van der Waals surface area contributed by atoms with E-state index in [1.54, 1.807) is 41.4 Å². The van der Waals surface area contributed by atoms with Gasteiger partial charge in [-0.25, -0.2) is 14.3 Å². The van der Waals surface area contributed by atoms with E-state index in [0.717, 1.165) is 5.56 Å². The maximum absolute atomic E-state index is 14.2. The number of nitrogens with zero attached hydrogens (tertiary/aromatic N) is 6. The van der Waals surface area contributed by atoms with Gasteiger partial charge < -0.3 is 15.1 Å². The number of para-hydroxylation sites is 1. The highest BCUT2D eigenvalue weighted by Gasteiger charge is 2.34. The van der Waals surface area contributed by atoms with Gasteiger partial charge in [-0.3, -0.25) is 14.6 Å². The second-order valence-corrected chi connectivity index (χ2v) is 12.0. The monoisotopic (exact) mass is 649 g/mol. The standard InChI is InChI=1S/C33H34ClF2N7O3/c1-7-25(44)41-15-20(6)42(16-19(41)5)30-22-14-23(34)27(21-10-8-9-11-24(21)38-32(45)29(35)36)39-31(22)43(33(46)40-30)28-18(4)12-13-37-26(28)17(2)3/h7-14,17,19-20,29H,1,15-16H2,2-6H3,(H,38,45). The Labute approximate surface area is 269 Å². The minimum Gasteiger partial charge on any atom is -0.349 e. The molecule has 3 aromatic heterocycles. The topological polar surface area (TPSA) is 113 Å². The number of pyridine rings is 2. The van der Waals surface area contributed by atoms with Crippen LogP contribution >= 0.6 is 11.6 Å². The summed E-state index contributed by atoms with van der Waals surface area (Å²) in [6, 6.07) is 9.30. The highest BCUT2D eigenvalue weighted by atomic mass is 35.5. The van der Waals surface area contributed by atoms with Crippen molar-refractivity contribution >= 4 is 46.0 Å². The lowest BCUT2D eigenvalue weighted by Gasteiger charge is -2.44. The van der Waals surface area contributed by atoms with Gasteiger partial charge in [-0.05, 0) is 56.5 Å². The molecule has 2 amide bonds. The van der Waals surface area contributed by atoms with Gasteiger partial charge in [0.25, 0.3) is 5.91 Å². The van der Waals surface area contributed by atoms with Crippen molar-refractivity contribution in [2.24, 2.45) is 0 Å². The van der Waals surface area contributed by atoms with Crippen LogP contribution < -0.4 is 15.9 Å². The first-order chi connectivity index (χ1) is 21.8. The van der Waals surface area contributed by atoms with Gasteiger partial charge in [0.15, 0.2) is 5.65 Å². The molecule has 1 aliphatic heterocycles. The molecule has 2 unspecified atom stereocenters. The number of anilines is 2. The van der Waals surface area contributed by atoms with Gasteiger partial charge in [-0.2, -0.15) is 13.8 Å². The molecule has 0 bridgehead atoms. The zero-order chi connectivity index (χ0) is 33.4. The average Bonchev–Trinajstić information content (AvgIpc) is 3.01. The fourth-order valence-corrected chi connectivity index (χ4v) is 6.08. The predicted molar refractivity (Wildman–Crippen MR) is 175 cm³/mol. The van der Waals surface area contributed by atoms with Crippen molar-refractivity contribution in [3.05, 3.63) is 82.0 Å². The normalized spacial score (nSPS) is 16.7. The van der Waals surface area contributed by atoms with Crippen LogP contribution in [0.3, 0.4) is 0 Å². The smallest absolute Gasteiger partial charge is 0.349 e. The Morgan fingerprint density at radius 1 is 1.11 bits per heavy atom. The van der Waals surface area contributed by atoms with Crippen molar-refractivity contribution in [2.45, 2.75) is 59.0 Å². The molecule has 1 saturated heterocycles. The molecule has 4 heterocycles. The number of carbonyl (C=O) groups excluding carboxylic acids is 2. The maximum Gasteiger partial charge on any atom is 0.355 e. The van der Waals surface area contributed by atoms with Crippen LogP contribution in [0.4, 0.5) is 20.3 Å². The van der Waals surface area contributed by atoms with Crippen LogP contribution in [-0.2, 0) is 9.59 Å². The number of halogens is 3. The van der Waals surface area contributed by atoms with E-state index in [-0.39, 0.29) is 51.5 Å². The molecule has 1 N–H and O–H groups in total. The van der Waals surface area contributed by atoms with Crippen LogP contribution in [0.5, 0.6) is 0 Å². The van der Waals surface area contributed by atoms with Crippen molar-refractivity contribution in [3.8, 4) is 16.9 Å². The molecule has 0 aliphatic carbocycles. The molecule has 2 atom stereocenters. The van der Waals surface area contributed by atoms with Crippen molar-refractivity contribution in [1.29, 1.82) is 0 Å². The van der Waals surface area contributed by atoms with E-state index < -0.39 is 18.0 Å². The van der Waals surface area contributed by atoms with E-state index in [9.17, 15) is 23.2 Å². The molecule has 1 fully saturated rings. The number of hydrogen-bond donors (Lipinski definition) is 1. The number of piperazine rings is 1. The number of amides is 2. The average molecular weight is 650 g/mol. The highest BCUT2D eigenvalue weighted by molar-refractivity contribution is 6.34. The van der Waals surface area contributed by atoms with Crippen LogP contribution in [0, 0.1) is 6.92 Å². The second kappa shape index (κ2) is 13.0. The number of aryl methyl sites for hydroxylation is 1. The van der Waals surface area contributed by atoms with Crippen molar-refractivity contribution in [2.75, 3.05) is 23.3 Å². The minimum absolute atomic E-state index is 0.0649. The predicted octanol–water partition coefficient (Wildman–Crippen LogP) is 5.74. The molecule has 1 aliphatic rings. The lowest BCUT2D eigenvalue weighted by Crippen LogP contribution is -2.58. The van der Waals surface area contributed by atoms with Crippen LogP contribution in [0.25, 0.3) is 28.0 Å². The van der Waals surface area contributed by atoms with Crippen molar-refractivity contribution in [1.82, 2.24) is 24.4 Å². The highest BCUT2D eigenvalue weighted by Crippen LogP contribution is 2.38. The number of hydrogen-bond acceptors (Lipinski definition) is 7. The quantitative estimate of drug-likeness (QED) is 0.254. The van der Waals surface area contributed by atoms with E-state index in [2.05, 4.69) is 21.9 Å². The number of nitrogens with one attached hydrogen (secondary N) is 1. The van der Waals surface area contributed by atoms with Gasteiger partial charge in [0.1, 0.15) is 5.82 Å². The number of alkyl halides is 2. The van der Waals surface area contributed by atoms with Crippen LogP contribution in [-0.4, -0.2) is 67.8 Å². The first-order valence-electron chi connectivity index (χ1n) is 14.8. The summed E-state index contributed by atoms with van der Waals surface area (Å²) in [5.41, 5.74) is 2.07. The summed E-state index contributed by atoms with van der Waals surface area (Å²) in [5.74, 6) is -1.39. The molecular weight excluding hydrogens is 616 g/mol. The molecule has 240 valence electrons. The molecule has 1 aromatic carbocycles.